The minimum absolute atomic E-state index is 0.338. The molecule has 1 unspecified atom stereocenters. The SMILES string of the molecule is C=CC1(F)CCCN(C/C(N)=C/C(N)N)C1. The maximum atomic E-state index is 14.0. The monoisotopic (exact) mass is 228 g/mol. The third-order valence-corrected chi connectivity index (χ3v) is 2.73. The van der Waals surface area contributed by atoms with E-state index < -0.39 is 11.8 Å². The van der Waals surface area contributed by atoms with Gasteiger partial charge in [-0.1, -0.05) is 12.7 Å². The van der Waals surface area contributed by atoms with Gasteiger partial charge in [-0.2, -0.15) is 0 Å². The topological polar surface area (TPSA) is 81.3 Å². The van der Waals surface area contributed by atoms with Crippen LogP contribution in [0, 0.1) is 0 Å². The van der Waals surface area contributed by atoms with Crippen molar-refractivity contribution >= 4 is 0 Å². The smallest absolute Gasteiger partial charge is 0.141 e. The van der Waals surface area contributed by atoms with Crippen molar-refractivity contribution in [1.82, 2.24) is 4.90 Å². The van der Waals surface area contributed by atoms with E-state index in [1.165, 1.54) is 6.08 Å². The highest BCUT2D eigenvalue weighted by Crippen LogP contribution is 2.26. The van der Waals surface area contributed by atoms with Crippen LogP contribution >= 0.6 is 0 Å². The van der Waals surface area contributed by atoms with Crippen molar-refractivity contribution in [2.45, 2.75) is 24.7 Å². The van der Waals surface area contributed by atoms with Crippen molar-refractivity contribution in [1.29, 1.82) is 0 Å². The Kier molecular flexibility index (Phi) is 4.46. The molecule has 1 aliphatic rings. The Morgan fingerprint density at radius 2 is 2.25 bits per heavy atom. The Hall–Kier alpha value is -0.910. The normalized spacial score (nSPS) is 28.4. The number of hydrogen-bond donors (Lipinski definition) is 3. The van der Waals surface area contributed by atoms with Gasteiger partial charge in [0, 0.05) is 18.8 Å². The molecule has 92 valence electrons. The van der Waals surface area contributed by atoms with Crippen LogP contribution in [0.2, 0.25) is 0 Å². The fourth-order valence-electron chi connectivity index (χ4n) is 1.99. The van der Waals surface area contributed by atoms with E-state index in [4.69, 9.17) is 17.2 Å². The first-order valence-corrected chi connectivity index (χ1v) is 5.47. The zero-order valence-electron chi connectivity index (χ0n) is 9.53. The summed E-state index contributed by atoms with van der Waals surface area (Å²) in [6.07, 6.45) is 3.76. The number of halogens is 1. The van der Waals surface area contributed by atoms with E-state index in [1.54, 1.807) is 6.08 Å². The van der Waals surface area contributed by atoms with Gasteiger partial charge in [0.1, 0.15) is 5.67 Å². The molecule has 1 heterocycles. The van der Waals surface area contributed by atoms with Gasteiger partial charge < -0.3 is 17.2 Å². The summed E-state index contributed by atoms with van der Waals surface area (Å²) in [7, 11) is 0. The first-order chi connectivity index (χ1) is 7.45. The molecule has 1 atom stereocenters. The van der Waals surface area contributed by atoms with E-state index in [0.29, 0.717) is 25.2 Å². The second-order valence-electron chi connectivity index (χ2n) is 4.37. The molecule has 0 radical (unpaired) electrons. The van der Waals surface area contributed by atoms with Crippen molar-refractivity contribution in [3.63, 3.8) is 0 Å². The first kappa shape index (κ1) is 13.2. The van der Waals surface area contributed by atoms with Crippen molar-refractivity contribution < 1.29 is 4.39 Å². The quantitative estimate of drug-likeness (QED) is 0.469. The molecule has 0 aromatic carbocycles. The molecule has 1 saturated heterocycles. The van der Waals surface area contributed by atoms with E-state index in [0.717, 1.165) is 13.0 Å². The van der Waals surface area contributed by atoms with Gasteiger partial charge in [0.2, 0.25) is 0 Å². The maximum absolute atomic E-state index is 14.0. The number of piperidine rings is 1. The third-order valence-electron chi connectivity index (χ3n) is 2.73. The predicted octanol–water partition coefficient (Wildman–Crippen LogP) is 0.0626. The van der Waals surface area contributed by atoms with Crippen LogP contribution < -0.4 is 17.2 Å². The largest absolute Gasteiger partial charge is 0.401 e. The summed E-state index contributed by atoms with van der Waals surface area (Å²) in [5, 5.41) is 0. The van der Waals surface area contributed by atoms with Gasteiger partial charge in [-0.15, -0.1) is 0 Å². The van der Waals surface area contributed by atoms with Crippen LogP contribution in [0.4, 0.5) is 4.39 Å². The second kappa shape index (κ2) is 5.43. The standard InChI is InChI=1S/C11H21FN4/c1-2-11(12)4-3-5-16(8-11)7-9(13)6-10(14)15/h2,6,10H,1,3-5,7-8,13-15H2/b9-6-. The van der Waals surface area contributed by atoms with Gasteiger partial charge in [-0.25, -0.2) is 4.39 Å². The fraction of sp³-hybridized carbons (Fsp3) is 0.636. The second-order valence-corrected chi connectivity index (χ2v) is 4.37. The Morgan fingerprint density at radius 3 is 2.81 bits per heavy atom. The van der Waals surface area contributed by atoms with Crippen LogP contribution in [-0.4, -0.2) is 36.4 Å². The van der Waals surface area contributed by atoms with E-state index >= 15 is 0 Å². The van der Waals surface area contributed by atoms with Crippen LogP contribution in [-0.2, 0) is 0 Å². The summed E-state index contributed by atoms with van der Waals surface area (Å²) in [5.41, 5.74) is 15.8. The number of rotatable bonds is 4. The van der Waals surface area contributed by atoms with Crippen LogP contribution in [0.1, 0.15) is 12.8 Å². The van der Waals surface area contributed by atoms with Gasteiger partial charge in [0.15, 0.2) is 0 Å². The summed E-state index contributed by atoms with van der Waals surface area (Å²) in [6, 6.07) is 0. The number of alkyl halides is 1. The molecule has 5 heteroatoms. The molecule has 1 fully saturated rings. The minimum atomic E-state index is -1.29. The number of nitrogens with zero attached hydrogens (tertiary/aromatic N) is 1. The van der Waals surface area contributed by atoms with E-state index in [2.05, 4.69) is 6.58 Å². The fourth-order valence-corrected chi connectivity index (χ4v) is 1.99. The number of hydrogen-bond acceptors (Lipinski definition) is 4. The molecule has 0 saturated carbocycles. The summed E-state index contributed by atoms with van der Waals surface area (Å²) in [5.74, 6) is 0. The highest BCUT2D eigenvalue weighted by Gasteiger charge is 2.32. The van der Waals surface area contributed by atoms with Crippen LogP contribution in [0.3, 0.4) is 0 Å². The van der Waals surface area contributed by atoms with Crippen molar-refractivity contribution in [2.75, 3.05) is 19.6 Å². The molecule has 0 aliphatic carbocycles. The van der Waals surface area contributed by atoms with Crippen molar-refractivity contribution in [3.8, 4) is 0 Å². The zero-order chi connectivity index (χ0) is 12.2. The van der Waals surface area contributed by atoms with Crippen molar-refractivity contribution in [3.05, 3.63) is 24.4 Å². The zero-order valence-corrected chi connectivity index (χ0v) is 9.53. The molecular formula is C11H21FN4. The molecule has 0 aromatic heterocycles. The lowest BCUT2D eigenvalue weighted by molar-refractivity contribution is 0.0897. The predicted molar refractivity (Wildman–Crippen MR) is 64.1 cm³/mol. The molecule has 0 spiro atoms. The number of likely N-dealkylation sites (tertiary alicyclic amines) is 1. The van der Waals surface area contributed by atoms with Crippen LogP contribution in [0.5, 0.6) is 0 Å². The third kappa shape index (κ3) is 3.92. The van der Waals surface area contributed by atoms with Crippen molar-refractivity contribution in [2.24, 2.45) is 17.2 Å². The molecule has 0 bridgehead atoms. The number of nitrogens with two attached hydrogens (primary N) is 3. The molecule has 16 heavy (non-hydrogen) atoms. The van der Waals surface area contributed by atoms with Gasteiger partial charge in [-0.3, -0.25) is 4.90 Å². The lowest BCUT2D eigenvalue weighted by Crippen LogP contribution is -2.45. The lowest BCUT2D eigenvalue weighted by Gasteiger charge is -2.35. The van der Waals surface area contributed by atoms with Gasteiger partial charge in [-0.05, 0) is 25.5 Å². The van der Waals surface area contributed by atoms with E-state index in [9.17, 15) is 4.39 Å². The Bertz CT molecular complexity index is 277. The highest BCUT2D eigenvalue weighted by atomic mass is 19.1. The molecule has 6 N–H and O–H groups in total. The summed E-state index contributed by atoms with van der Waals surface area (Å²) < 4.78 is 14.0. The van der Waals surface area contributed by atoms with Crippen LogP contribution in [0.15, 0.2) is 24.4 Å². The van der Waals surface area contributed by atoms with Gasteiger partial charge in [0.25, 0.3) is 0 Å². The summed E-state index contributed by atoms with van der Waals surface area (Å²) in [4.78, 5) is 1.96. The molecule has 4 nitrogen and oxygen atoms in total. The lowest BCUT2D eigenvalue weighted by atomic mass is 9.95. The molecular weight excluding hydrogens is 207 g/mol. The van der Waals surface area contributed by atoms with Crippen LogP contribution in [0.25, 0.3) is 0 Å². The van der Waals surface area contributed by atoms with E-state index in [-0.39, 0.29) is 0 Å². The average Bonchev–Trinajstić information content (AvgIpc) is 2.16. The summed E-state index contributed by atoms with van der Waals surface area (Å²) in [6.45, 7) is 5.21. The first-order valence-electron chi connectivity index (χ1n) is 5.47. The average molecular weight is 228 g/mol. The highest BCUT2D eigenvalue weighted by molar-refractivity contribution is 5.06. The van der Waals surface area contributed by atoms with E-state index in [1.807, 2.05) is 4.90 Å². The molecule has 1 aliphatic heterocycles. The van der Waals surface area contributed by atoms with Gasteiger partial charge in [0.05, 0.1) is 6.17 Å². The summed E-state index contributed by atoms with van der Waals surface area (Å²) >= 11 is 0. The minimum Gasteiger partial charge on any atom is -0.401 e. The molecule has 0 aromatic rings. The Balaban J connectivity index is 2.52. The Labute approximate surface area is 95.9 Å². The molecule has 0 amide bonds. The Morgan fingerprint density at radius 1 is 1.56 bits per heavy atom. The van der Waals surface area contributed by atoms with Gasteiger partial charge >= 0.3 is 0 Å². The molecule has 1 rings (SSSR count). The maximum Gasteiger partial charge on any atom is 0.141 e.